The Balaban J connectivity index is 1.84. The van der Waals surface area contributed by atoms with Crippen molar-refractivity contribution < 1.29 is 9.18 Å². The van der Waals surface area contributed by atoms with Gasteiger partial charge in [0.25, 0.3) is 0 Å². The molecule has 0 unspecified atom stereocenters. The molecule has 6 heteroatoms. The molecule has 0 saturated heterocycles. The van der Waals surface area contributed by atoms with Gasteiger partial charge in [0.15, 0.2) is 0 Å². The van der Waals surface area contributed by atoms with E-state index in [1.54, 1.807) is 12.1 Å². The number of hydrogen-bond acceptors (Lipinski definition) is 3. The zero-order valence-electron chi connectivity index (χ0n) is 12.5. The number of benzene rings is 1. The van der Waals surface area contributed by atoms with E-state index in [0.717, 1.165) is 14.8 Å². The van der Waals surface area contributed by atoms with Gasteiger partial charge in [0, 0.05) is 18.0 Å². The van der Waals surface area contributed by atoms with Crippen LogP contribution in [0.1, 0.15) is 17.4 Å². The summed E-state index contributed by atoms with van der Waals surface area (Å²) in [6.45, 7) is 2.92. The Morgan fingerprint density at radius 3 is 2.59 bits per heavy atom. The fourth-order valence-electron chi connectivity index (χ4n) is 1.96. The predicted molar refractivity (Wildman–Crippen MR) is 88.5 cm³/mol. The lowest BCUT2D eigenvalue weighted by atomic mass is 10.2. The van der Waals surface area contributed by atoms with Crippen molar-refractivity contribution in [2.75, 3.05) is 7.05 Å². The van der Waals surface area contributed by atoms with Gasteiger partial charge in [0.2, 0.25) is 5.91 Å². The first-order valence-electron chi connectivity index (χ1n) is 6.92. The number of halogens is 2. The second kappa shape index (κ2) is 7.72. The Morgan fingerprint density at radius 2 is 2.00 bits per heavy atom. The highest BCUT2D eigenvalue weighted by Crippen LogP contribution is 2.22. The van der Waals surface area contributed by atoms with E-state index in [4.69, 9.17) is 11.6 Å². The molecule has 0 bridgehead atoms. The Hall–Kier alpha value is -1.43. The molecule has 2 rings (SSSR count). The minimum absolute atomic E-state index is 0.0607. The minimum Gasteiger partial charge on any atom is -0.351 e. The molecule has 0 aliphatic carbocycles. The summed E-state index contributed by atoms with van der Waals surface area (Å²) >= 11 is 7.42. The van der Waals surface area contributed by atoms with Crippen LogP contribution in [0, 0.1) is 5.82 Å². The molecule has 1 heterocycles. The first kappa shape index (κ1) is 16.9. The second-order valence-electron chi connectivity index (χ2n) is 5.14. The first-order chi connectivity index (χ1) is 10.5. The summed E-state index contributed by atoms with van der Waals surface area (Å²) in [4.78, 5) is 15.2. The van der Waals surface area contributed by atoms with Crippen molar-refractivity contribution in [2.45, 2.75) is 26.1 Å². The van der Waals surface area contributed by atoms with Crippen molar-refractivity contribution in [3.8, 4) is 0 Å². The van der Waals surface area contributed by atoms with Gasteiger partial charge in [-0.2, -0.15) is 0 Å². The molecule has 1 atom stereocenters. The summed E-state index contributed by atoms with van der Waals surface area (Å²) in [6.07, 6.45) is 0. The van der Waals surface area contributed by atoms with Crippen LogP contribution in [0.15, 0.2) is 36.4 Å². The molecule has 2 aromatic rings. The molecule has 0 aliphatic heterocycles. The Kier molecular flexibility index (Phi) is 5.94. The third-order valence-corrected chi connectivity index (χ3v) is 4.67. The molecular weight excluding hydrogens is 323 g/mol. The fourth-order valence-corrected chi connectivity index (χ4v) is 3.11. The minimum atomic E-state index is -0.280. The summed E-state index contributed by atoms with van der Waals surface area (Å²) in [5, 5.41) is 2.86. The lowest BCUT2D eigenvalue weighted by Gasteiger charge is -2.23. The fraction of sp³-hybridized carbons (Fsp3) is 0.312. The van der Waals surface area contributed by atoms with Crippen LogP contribution in [0.3, 0.4) is 0 Å². The number of hydrogen-bond donors (Lipinski definition) is 1. The molecule has 22 heavy (non-hydrogen) atoms. The Morgan fingerprint density at radius 1 is 1.32 bits per heavy atom. The highest BCUT2D eigenvalue weighted by atomic mass is 35.5. The zero-order chi connectivity index (χ0) is 16.1. The van der Waals surface area contributed by atoms with E-state index in [1.165, 1.54) is 23.5 Å². The number of carbonyl (C=O) groups is 1. The summed E-state index contributed by atoms with van der Waals surface area (Å²) < 4.78 is 13.6. The van der Waals surface area contributed by atoms with E-state index in [9.17, 15) is 9.18 Å². The smallest absolute Gasteiger partial charge is 0.237 e. The standard InChI is InChI=1S/C16H18ClFN2OS/c1-11(20(2)10-14-7-8-15(17)22-14)16(21)19-9-12-3-5-13(18)6-4-12/h3-8,11H,9-10H2,1-2H3,(H,19,21)/t11-/m1/s1. The van der Waals surface area contributed by atoms with E-state index in [1.807, 2.05) is 31.0 Å². The topological polar surface area (TPSA) is 32.3 Å². The molecule has 0 radical (unpaired) electrons. The molecule has 0 aliphatic rings. The number of nitrogens with one attached hydrogen (secondary N) is 1. The molecule has 0 fully saturated rings. The lowest BCUT2D eigenvalue weighted by Crippen LogP contribution is -2.42. The van der Waals surface area contributed by atoms with Crippen LogP contribution in [-0.2, 0) is 17.9 Å². The molecule has 1 aromatic carbocycles. The van der Waals surface area contributed by atoms with Gasteiger partial charge in [-0.05, 0) is 43.8 Å². The molecule has 3 nitrogen and oxygen atoms in total. The quantitative estimate of drug-likeness (QED) is 0.870. The molecular formula is C16H18ClFN2OS. The maximum absolute atomic E-state index is 12.8. The van der Waals surface area contributed by atoms with Crippen LogP contribution < -0.4 is 5.32 Å². The number of amides is 1. The van der Waals surface area contributed by atoms with Gasteiger partial charge < -0.3 is 5.32 Å². The van der Waals surface area contributed by atoms with Crippen LogP contribution in [0.25, 0.3) is 0 Å². The number of nitrogens with zero attached hydrogens (tertiary/aromatic N) is 1. The zero-order valence-corrected chi connectivity index (χ0v) is 14.0. The summed E-state index contributed by atoms with van der Waals surface area (Å²) in [7, 11) is 1.90. The van der Waals surface area contributed by atoms with Gasteiger partial charge in [-0.15, -0.1) is 11.3 Å². The maximum atomic E-state index is 12.8. The SMILES string of the molecule is C[C@H](C(=O)NCc1ccc(F)cc1)N(C)Cc1ccc(Cl)s1. The molecule has 118 valence electrons. The van der Waals surface area contributed by atoms with Crippen molar-refractivity contribution in [1.29, 1.82) is 0 Å². The van der Waals surface area contributed by atoms with Crippen LogP contribution >= 0.6 is 22.9 Å². The Labute approximate surface area is 138 Å². The van der Waals surface area contributed by atoms with E-state index in [2.05, 4.69) is 5.32 Å². The average molecular weight is 341 g/mol. The van der Waals surface area contributed by atoms with Crippen LogP contribution in [0.5, 0.6) is 0 Å². The third-order valence-electron chi connectivity index (χ3n) is 3.45. The Bertz CT molecular complexity index is 629. The van der Waals surface area contributed by atoms with Gasteiger partial charge in [-0.3, -0.25) is 9.69 Å². The molecule has 1 amide bonds. The number of rotatable bonds is 6. The summed E-state index contributed by atoms with van der Waals surface area (Å²) in [5.74, 6) is -0.340. The van der Waals surface area contributed by atoms with Gasteiger partial charge in [0.1, 0.15) is 5.82 Å². The second-order valence-corrected chi connectivity index (χ2v) is 6.94. The van der Waals surface area contributed by atoms with Crippen molar-refractivity contribution in [3.05, 3.63) is 57.0 Å². The monoisotopic (exact) mass is 340 g/mol. The third kappa shape index (κ3) is 4.80. The van der Waals surface area contributed by atoms with Crippen molar-refractivity contribution in [3.63, 3.8) is 0 Å². The summed E-state index contributed by atoms with van der Waals surface area (Å²) in [5.41, 5.74) is 0.870. The first-order valence-corrected chi connectivity index (χ1v) is 8.12. The number of thiophene rings is 1. The predicted octanol–water partition coefficient (Wildman–Crippen LogP) is 3.68. The van der Waals surface area contributed by atoms with Crippen molar-refractivity contribution in [2.24, 2.45) is 0 Å². The van der Waals surface area contributed by atoms with E-state index in [-0.39, 0.29) is 17.8 Å². The number of carbonyl (C=O) groups excluding carboxylic acids is 1. The number of likely N-dealkylation sites (N-methyl/N-ethyl adjacent to an activating group) is 1. The molecule has 0 saturated carbocycles. The van der Waals surface area contributed by atoms with Gasteiger partial charge >= 0.3 is 0 Å². The highest BCUT2D eigenvalue weighted by molar-refractivity contribution is 7.16. The maximum Gasteiger partial charge on any atom is 0.237 e. The van der Waals surface area contributed by atoms with Crippen molar-refractivity contribution in [1.82, 2.24) is 10.2 Å². The summed E-state index contributed by atoms with van der Waals surface area (Å²) in [6, 6.07) is 9.66. The molecule has 0 spiro atoms. The highest BCUT2D eigenvalue weighted by Gasteiger charge is 2.18. The lowest BCUT2D eigenvalue weighted by molar-refractivity contribution is -0.125. The van der Waals surface area contributed by atoms with E-state index in [0.29, 0.717) is 13.1 Å². The van der Waals surface area contributed by atoms with Crippen LogP contribution in [0.2, 0.25) is 4.34 Å². The van der Waals surface area contributed by atoms with Gasteiger partial charge in [0.05, 0.1) is 10.4 Å². The van der Waals surface area contributed by atoms with E-state index < -0.39 is 0 Å². The largest absolute Gasteiger partial charge is 0.351 e. The van der Waals surface area contributed by atoms with Gasteiger partial charge in [-0.1, -0.05) is 23.7 Å². The van der Waals surface area contributed by atoms with Crippen molar-refractivity contribution >= 4 is 28.8 Å². The van der Waals surface area contributed by atoms with Crippen LogP contribution in [0.4, 0.5) is 4.39 Å². The average Bonchev–Trinajstić information content (AvgIpc) is 2.90. The van der Waals surface area contributed by atoms with Gasteiger partial charge in [-0.25, -0.2) is 4.39 Å². The van der Waals surface area contributed by atoms with Crippen LogP contribution in [-0.4, -0.2) is 23.9 Å². The van der Waals surface area contributed by atoms with E-state index >= 15 is 0 Å². The molecule has 1 N–H and O–H groups in total. The normalized spacial score (nSPS) is 12.4. The molecule has 1 aromatic heterocycles.